The van der Waals surface area contributed by atoms with E-state index in [4.69, 9.17) is 9.15 Å². The molecule has 3 rings (SSSR count). The lowest BCUT2D eigenvalue weighted by molar-refractivity contribution is 0.0463. The first-order valence-electron chi connectivity index (χ1n) is 9.16. The molecule has 2 aromatic heterocycles. The predicted octanol–water partition coefficient (Wildman–Crippen LogP) is 4.24. The molecule has 0 spiro atoms. The molecule has 8 heteroatoms. The fourth-order valence-electron chi connectivity index (χ4n) is 2.83. The molecule has 1 amide bonds. The minimum atomic E-state index is -0.611. The Bertz CT molecular complexity index is 1160. The number of aryl methyl sites for hydroxylation is 3. The van der Waals surface area contributed by atoms with Crippen LogP contribution in [0.4, 0.5) is 5.13 Å². The largest absolute Gasteiger partial charge is 0.461 e. The van der Waals surface area contributed by atoms with Gasteiger partial charge < -0.3 is 9.15 Å². The molecule has 0 bridgehead atoms. The Morgan fingerprint density at radius 2 is 1.93 bits per heavy atom. The second kappa shape index (κ2) is 8.16. The first-order chi connectivity index (χ1) is 13.7. The van der Waals surface area contributed by atoms with Crippen molar-refractivity contribution in [2.45, 2.75) is 34.6 Å². The summed E-state index contributed by atoms with van der Waals surface area (Å²) >= 11 is 1.02. The van der Waals surface area contributed by atoms with Crippen molar-refractivity contribution in [3.8, 4) is 0 Å². The zero-order valence-electron chi connectivity index (χ0n) is 16.9. The SMILES string of the molecule is Cc1cc(C)c2oc(C(=O)Nc3nc(C)c(C(=O)OCC(C)C)s3)cc(=O)c2c1. The minimum Gasteiger partial charge on any atom is -0.461 e. The van der Waals surface area contributed by atoms with Crippen LogP contribution in [0.2, 0.25) is 0 Å². The second-order valence-electron chi connectivity index (χ2n) is 7.31. The van der Waals surface area contributed by atoms with E-state index in [9.17, 15) is 14.4 Å². The maximum absolute atomic E-state index is 12.6. The van der Waals surface area contributed by atoms with Crippen LogP contribution in [-0.2, 0) is 4.74 Å². The van der Waals surface area contributed by atoms with E-state index in [2.05, 4.69) is 10.3 Å². The summed E-state index contributed by atoms with van der Waals surface area (Å²) in [5, 5.41) is 3.25. The Hall–Kier alpha value is -3.00. The van der Waals surface area contributed by atoms with E-state index >= 15 is 0 Å². The third-order valence-corrected chi connectivity index (χ3v) is 5.19. The van der Waals surface area contributed by atoms with Gasteiger partial charge in [0.1, 0.15) is 10.5 Å². The summed E-state index contributed by atoms with van der Waals surface area (Å²) in [5.41, 5.74) is 2.25. The zero-order valence-corrected chi connectivity index (χ0v) is 17.7. The van der Waals surface area contributed by atoms with Gasteiger partial charge >= 0.3 is 5.97 Å². The Balaban J connectivity index is 1.85. The highest BCUT2D eigenvalue weighted by Gasteiger charge is 2.20. The third kappa shape index (κ3) is 4.54. The van der Waals surface area contributed by atoms with Gasteiger partial charge in [0.25, 0.3) is 5.91 Å². The highest BCUT2D eigenvalue weighted by molar-refractivity contribution is 7.17. The summed E-state index contributed by atoms with van der Waals surface area (Å²) in [4.78, 5) is 41.7. The average molecular weight is 414 g/mol. The first-order valence-corrected chi connectivity index (χ1v) is 9.98. The van der Waals surface area contributed by atoms with Gasteiger partial charge in [-0.05, 0) is 43.9 Å². The number of amides is 1. The third-order valence-electron chi connectivity index (χ3n) is 4.13. The Morgan fingerprint density at radius 3 is 2.62 bits per heavy atom. The van der Waals surface area contributed by atoms with E-state index in [0.717, 1.165) is 28.5 Å². The molecule has 0 saturated heterocycles. The van der Waals surface area contributed by atoms with Crippen molar-refractivity contribution in [3.63, 3.8) is 0 Å². The van der Waals surface area contributed by atoms with E-state index in [1.807, 2.05) is 33.8 Å². The van der Waals surface area contributed by atoms with Gasteiger partial charge in [-0.2, -0.15) is 0 Å². The van der Waals surface area contributed by atoms with Crippen molar-refractivity contribution in [1.29, 1.82) is 0 Å². The summed E-state index contributed by atoms with van der Waals surface area (Å²) < 4.78 is 10.9. The highest BCUT2D eigenvalue weighted by atomic mass is 32.1. The van der Waals surface area contributed by atoms with Crippen LogP contribution in [0.5, 0.6) is 0 Å². The summed E-state index contributed by atoms with van der Waals surface area (Å²) in [6, 6.07) is 4.77. The molecule has 0 fully saturated rings. The van der Waals surface area contributed by atoms with Crippen molar-refractivity contribution < 1.29 is 18.7 Å². The number of rotatable bonds is 5. The molecule has 1 N–H and O–H groups in total. The van der Waals surface area contributed by atoms with Crippen LogP contribution in [0.1, 0.15) is 50.9 Å². The van der Waals surface area contributed by atoms with Crippen molar-refractivity contribution in [2.24, 2.45) is 5.92 Å². The van der Waals surface area contributed by atoms with E-state index in [1.54, 1.807) is 13.0 Å². The standard InChI is InChI=1S/C21H22N2O5S/c1-10(2)9-27-20(26)18-13(5)22-21(29-18)23-19(25)16-8-15(24)14-7-11(3)6-12(4)17(14)28-16/h6-8,10H,9H2,1-5H3,(H,22,23,25). The van der Waals surface area contributed by atoms with E-state index in [1.165, 1.54) is 0 Å². The maximum atomic E-state index is 12.6. The molecule has 0 aliphatic rings. The number of aromatic nitrogens is 1. The van der Waals surface area contributed by atoms with Gasteiger partial charge in [-0.3, -0.25) is 14.9 Å². The molecule has 7 nitrogen and oxygen atoms in total. The molecule has 29 heavy (non-hydrogen) atoms. The number of carbonyl (C=O) groups excluding carboxylic acids is 2. The number of esters is 1. The summed E-state index contributed by atoms with van der Waals surface area (Å²) in [7, 11) is 0. The van der Waals surface area contributed by atoms with Crippen molar-refractivity contribution in [3.05, 3.63) is 55.9 Å². The van der Waals surface area contributed by atoms with Gasteiger partial charge in [-0.1, -0.05) is 31.3 Å². The molecule has 0 saturated carbocycles. The van der Waals surface area contributed by atoms with E-state index in [-0.39, 0.29) is 22.2 Å². The van der Waals surface area contributed by atoms with Gasteiger partial charge in [0, 0.05) is 6.07 Å². The monoisotopic (exact) mass is 414 g/mol. The number of nitrogens with zero attached hydrogens (tertiary/aromatic N) is 1. The van der Waals surface area contributed by atoms with Crippen LogP contribution in [-0.4, -0.2) is 23.5 Å². The van der Waals surface area contributed by atoms with Crippen LogP contribution >= 0.6 is 11.3 Å². The first kappa shape index (κ1) is 20.7. The predicted molar refractivity (Wildman–Crippen MR) is 112 cm³/mol. The molecule has 152 valence electrons. The Kier molecular flexibility index (Phi) is 5.83. The molecular formula is C21H22N2O5S. The van der Waals surface area contributed by atoms with Crippen LogP contribution < -0.4 is 10.7 Å². The van der Waals surface area contributed by atoms with Crippen molar-refractivity contribution in [1.82, 2.24) is 4.98 Å². The lowest BCUT2D eigenvalue weighted by Gasteiger charge is -2.06. The number of thiazole rings is 1. The zero-order chi connectivity index (χ0) is 21.3. The fraction of sp³-hybridized carbons (Fsp3) is 0.333. The summed E-state index contributed by atoms with van der Waals surface area (Å²) in [6.07, 6.45) is 0. The molecule has 2 heterocycles. The summed E-state index contributed by atoms with van der Waals surface area (Å²) in [6.45, 7) is 9.57. The van der Waals surface area contributed by atoms with E-state index in [0.29, 0.717) is 28.1 Å². The molecule has 0 radical (unpaired) electrons. The topological polar surface area (TPSA) is 98.5 Å². The van der Waals surface area contributed by atoms with Gasteiger partial charge in [-0.15, -0.1) is 0 Å². The van der Waals surface area contributed by atoms with Crippen molar-refractivity contribution >= 4 is 39.3 Å². The van der Waals surface area contributed by atoms with Crippen LogP contribution in [0.25, 0.3) is 11.0 Å². The number of hydrogen-bond acceptors (Lipinski definition) is 7. The number of carbonyl (C=O) groups is 2. The van der Waals surface area contributed by atoms with Crippen LogP contribution in [0, 0.1) is 26.7 Å². The maximum Gasteiger partial charge on any atom is 0.350 e. The number of fused-ring (bicyclic) bond motifs is 1. The molecular weight excluding hydrogens is 392 g/mol. The Labute approximate surface area is 171 Å². The normalized spacial score (nSPS) is 11.1. The molecule has 0 atom stereocenters. The number of anilines is 1. The highest BCUT2D eigenvalue weighted by Crippen LogP contribution is 2.25. The quantitative estimate of drug-likeness (QED) is 0.627. The molecule has 0 aliphatic heterocycles. The lowest BCUT2D eigenvalue weighted by Crippen LogP contribution is -2.15. The number of benzene rings is 1. The lowest BCUT2D eigenvalue weighted by atomic mass is 10.1. The average Bonchev–Trinajstić information content (AvgIpc) is 3.00. The van der Waals surface area contributed by atoms with Crippen molar-refractivity contribution in [2.75, 3.05) is 11.9 Å². The molecule has 1 aromatic carbocycles. The summed E-state index contributed by atoms with van der Waals surface area (Å²) in [5.74, 6) is -0.988. The van der Waals surface area contributed by atoms with Gasteiger partial charge in [-0.25, -0.2) is 9.78 Å². The van der Waals surface area contributed by atoms with Gasteiger partial charge in [0.15, 0.2) is 16.3 Å². The van der Waals surface area contributed by atoms with E-state index < -0.39 is 11.9 Å². The molecule has 0 aliphatic carbocycles. The minimum absolute atomic E-state index is 0.119. The van der Waals surface area contributed by atoms with Gasteiger partial charge in [0.05, 0.1) is 17.7 Å². The smallest absolute Gasteiger partial charge is 0.350 e. The number of nitrogens with one attached hydrogen (secondary N) is 1. The van der Waals surface area contributed by atoms with Crippen LogP contribution in [0.15, 0.2) is 27.4 Å². The number of hydrogen-bond donors (Lipinski definition) is 1. The Morgan fingerprint density at radius 1 is 1.21 bits per heavy atom. The molecule has 0 unspecified atom stereocenters. The fourth-order valence-corrected chi connectivity index (χ4v) is 3.68. The van der Waals surface area contributed by atoms with Gasteiger partial charge in [0.2, 0.25) is 0 Å². The molecule has 3 aromatic rings. The second-order valence-corrected chi connectivity index (χ2v) is 8.31. The number of ether oxygens (including phenoxy) is 1. The van der Waals surface area contributed by atoms with Crippen LogP contribution in [0.3, 0.4) is 0 Å².